The molecule has 0 saturated carbocycles. The van der Waals surface area contributed by atoms with E-state index in [0.29, 0.717) is 18.0 Å². The van der Waals surface area contributed by atoms with Crippen LogP contribution < -0.4 is 10.2 Å². The number of benzene rings is 1. The highest BCUT2D eigenvalue weighted by molar-refractivity contribution is 6.35. The van der Waals surface area contributed by atoms with Gasteiger partial charge in [0.2, 0.25) is 0 Å². The Balaban J connectivity index is 2.33. The maximum atomic E-state index is 6.37. The molecule has 0 bridgehead atoms. The largest absolute Gasteiger partial charge is 0.364 e. The number of anilines is 1. The van der Waals surface area contributed by atoms with Gasteiger partial charge in [0.25, 0.3) is 0 Å². The molecule has 1 fully saturated rings. The number of nitrogens with one attached hydrogen (secondary N) is 1. The topological polar surface area (TPSA) is 15.3 Å². The average molecular weight is 301 g/mol. The Hall–Kier alpha value is -0.440. The molecule has 0 radical (unpaired) electrons. The van der Waals surface area contributed by atoms with Crippen molar-refractivity contribution in [1.29, 1.82) is 0 Å². The molecule has 2 unspecified atom stereocenters. The number of hydrogen-bond donors (Lipinski definition) is 1. The van der Waals surface area contributed by atoms with Gasteiger partial charge < -0.3 is 10.2 Å². The summed E-state index contributed by atoms with van der Waals surface area (Å²) in [6.45, 7) is 8.71. The lowest BCUT2D eigenvalue weighted by Crippen LogP contribution is -2.58. The van der Waals surface area contributed by atoms with E-state index in [0.717, 1.165) is 35.2 Å². The van der Waals surface area contributed by atoms with E-state index >= 15 is 0 Å². The van der Waals surface area contributed by atoms with Crippen molar-refractivity contribution in [2.24, 2.45) is 5.92 Å². The summed E-state index contributed by atoms with van der Waals surface area (Å²) < 4.78 is 0. The van der Waals surface area contributed by atoms with Gasteiger partial charge in [0, 0.05) is 30.2 Å². The van der Waals surface area contributed by atoms with Gasteiger partial charge in [-0.05, 0) is 30.5 Å². The van der Waals surface area contributed by atoms with Crippen molar-refractivity contribution in [1.82, 2.24) is 5.32 Å². The molecular formula is C15H22Cl2N2. The van der Waals surface area contributed by atoms with Crippen LogP contribution in [0.2, 0.25) is 10.0 Å². The predicted octanol–water partition coefficient (Wildman–Crippen LogP) is 4.21. The lowest BCUT2D eigenvalue weighted by atomic mass is 9.97. The standard InChI is InChI=1S/C15H22Cl2N2/c1-4-12-9-19(15(8-18-12)10(2)3)14-7-11(16)5-6-13(14)17/h5-7,10,12,15,18H,4,8-9H2,1-3H3. The van der Waals surface area contributed by atoms with E-state index in [-0.39, 0.29) is 0 Å². The quantitative estimate of drug-likeness (QED) is 0.900. The van der Waals surface area contributed by atoms with E-state index in [1.54, 1.807) is 0 Å². The van der Waals surface area contributed by atoms with E-state index in [4.69, 9.17) is 23.2 Å². The minimum absolute atomic E-state index is 0.457. The van der Waals surface area contributed by atoms with Crippen molar-refractivity contribution >= 4 is 28.9 Å². The van der Waals surface area contributed by atoms with E-state index in [1.165, 1.54) is 0 Å². The smallest absolute Gasteiger partial charge is 0.0640 e. The summed E-state index contributed by atoms with van der Waals surface area (Å²) in [6, 6.07) is 6.69. The van der Waals surface area contributed by atoms with Gasteiger partial charge in [-0.1, -0.05) is 44.0 Å². The first-order chi connectivity index (χ1) is 9.02. The Kier molecular flexibility index (Phi) is 4.99. The van der Waals surface area contributed by atoms with E-state index in [9.17, 15) is 0 Å². The van der Waals surface area contributed by atoms with Crippen LogP contribution in [0.25, 0.3) is 0 Å². The summed E-state index contributed by atoms with van der Waals surface area (Å²) in [6.07, 6.45) is 1.12. The third-order valence-electron chi connectivity index (χ3n) is 3.91. The molecule has 0 aromatic heterocycles. The predicted molar refractivity (Wildman–Crippen MR) is 84.5 cm³/mol. The SMILES string of the molecule is CCC1CN(c2cc(Cl)ccc2Cl)C(C(C)C)CN1. The molecule has 1 aliphatic heterocycles. The van der Waals surface area contributed by atoms with E-state index in [2.05, 4.69) is 31.0 Å². The number of hydrogen-bond acceptors (Lipinski definition) is 2. The molecule has 1 heterocycles. The Labute approximate surface area is 126 Å². The fourth-order valence-electron chi connectivity index (χ4n) is 2.69. The molecule has 106 valence electrons. The van der Waals surface area contributed by atoms with Crippen molar-refractivity contribution in [3.8, 4) is 0 Å². The van der Waals surface area contributed by atoms with Crippen LogP contribution in [-0.4, -0.2) is 25.2 Å². The first-order valence-corrected chi connectivity index (χ1v) is 7.73. The Morgan fingerprint density at radius 1 is 1.37 bits per heavy atom. The molecule has 1 N–H and O–H groups in total. The molecule has 1 aliphatic rings. The van der Waals surface area contributed by atoms with Gasteiger partial charge in [-0.15, -0.1) is 0 Å². The van der Waals surface area contributed by atoms with Crippen LogP contribution in [0.15, 0.2) is 18.2 Å². The summed E-state index contributed by atoms with van der Waals surface area (Å²) in [5, 5.41) is 5.14. The first-order valence-electron chi connectivity index (χ1n) is 6.98. The Morgan fingerprint density at radius 2 is 2.11 bits per heavy atom. The first kappa shape index (κ1) is 15.0. The number of nitrogens with zero attached hydrogens (tertiary/aromatic N) is 1. The molecule has 1 aromatic rings. The highest BCUT2D eigenvalue weighted by Crippen LogP contribution is 2.33. The number of piperazine rings is 1. The van der Waals surface area contributed by atoms with Crippen LogP contribution in [0.4, 0.5) is 5.69 Å². The molecule has 1 aromatic carbocycles. The monoisotopic (exact) mass is 300 g/mol. The zero-order valence-corrected chi connectivity index (χ0v) is 13.3. The minimum atomic E-state index is 0.457. The molecule has 0 aliphatic carbocycles. The highest BCUT2D eigenvalue weighted by Gasteiger charge is 2.30. The number of rotatable bonds is 3. The van der Waals surface area contributed by atoms with Crippen molar-refractivity contribution < 1.29 is 0 Å². The van der Waals surface area contributed by atoms with Gasteiger partial charge in [0.1, 0.15) is 0 Å². The zero-order chi connectivity index (χ0) is 14.0. The van der Waals surface area contributed by atoms with Crippen LogP contribution in [0, 0.1) is 5.92 Å². The van der Waals surface area contributed by atoms with Crippen LogP contribution in [-0.2, 0) is 0 Å². The summed E-state index contributed by atoms with van der Waals surface area (Å²) >= 11 is 12.5. The molecule has 2 rings (SSSR count). The third kappa shape index (κ3) is 3.36. The second-order valence-electron chi connectivity index (χ2n) is 5.57. The van der Waals surface area contributed by atoms with Crippen LogP contribution >= 0.6 is 23.2 Å². The van der Waals surface area contributed by atoms with E-state index < -0.39 is 0 Å². The fourth-order valence-corrected chi connectivity index (χ4v) is 3.08. The summed E-state index contributed by atoms with van der Waals surface area (Å²) in [7, 11) is 0. The summed E-state index contributed by atoms with van der Waals surface area (Å²) in [5.41, 5.74) is 1.06. The van der Waals surface area contributed by atoms with Crippen molar-refractivity contribution in [2.45, 2.75) is 39.3 Å². The fraction of sp³-hybridized carbons (Fsp3) is 0.600. The molecule has 2 atom stereocenters. The van der Waals surface area contributed by atoms with Crippen LogP contribution in [0.5, 0.6) is 0 Å². The second-order valence-corrected chi connectivity index (χ2v) is 6.42. The number of halogens is 2. The van der Waals surface area contributed by atoms with Crippen molar-refractivity contribution in [3.05, 3.63) is 28.2 Å². The lowest BCUT2D eigenvalue weighted by Gasteiger charge is -2.44. The van der Waals surface area contributed by atoms with Gasteiger partial charge in [0.05, 0.1) is 10.7 Å². The van der Waals surface area contributed by atoms with Crippen LogP contribution in [0.3, 0.4) is 0 Å². The van der Waals surface area contributed by atoms with Gasteiger partial charge >= 0.3 is 0 Å². The van der Waals surface area contributed by atoms with Gasteiger partial charge in [0.15, 0.2) is 0 Å². The van der Waals surface area contributed by atoms with Gasteiger partial charge in [-0.3, -0.25) is 0 Å². The van der Waals surface area contributed by atoms with Gasteiger partial charge in [-0.25, -0.2) is 0 Å². The summed E-state index contributed by atoms with van der Waals surface area (Å²) in [4.78, 5) is 2.42. The van der Waals surface area contributed by atoms with Crippen LogP contribution in [0.1, 0.15) is 27.2 Å². The Morgan fingerprint density at radius 3 is 2.74 bits per heavy atom. The Bertz CT molecular complexity index is 434. The lowest BCUT2D eigenvalue weighted by molar-refractivity contribution is 0.333. The molecule has 1 saturated heterocycles. The minimum Gasteiger partial charge on any atom is -0.364 e. The molecule has 19 heavy (non-hydrogen) atoms. The third-order valence-corrected chi connectivity index (χ3v) is 4.47. The highest BCUT2D eigenvalue weighted by atomic mass is 35.5. The zero-order valence-electron chi connectivity index (χ0n) is 11.8. The molecule has 0 spiro atoms. The van der Waals surface area contributed by atoms with E-state index in [1.807, 2.05) is 18.2 Å². The molecule has 0 amide bonds. The normalized spacial score (nSPS) is 24.0. The maximum absolute atomic E-state index is 6.37. The maximum Gasteiger partial charge on any atom is 0.0640 e. The molecule has 2 nitrogen and oxygen atoms in total. The molecular weight excluding hydrogens is 279 g/mol. The van der Waals surface area contributed by atoms with Crippen molar-refractivity contribution in [3.63, 3.8) is 0 Å². The van der Waals surface area contributed by atoms with Gasteiger partial charge in [-0.2, -0.15) is 0 Å². The molecule has 4 heteroatoms. The summed E-state index contributed by atoms with van der Waals surface area (Å²) in [5.74, 6) is 0.570. The van der Waals surface area contributed by atoms with Crippen molar-refractivity contribution in [2.75, 3.05) is 18.0 Å². The second kappa shape index (κ2) is 6.34. The average Bonchev–Trinajstić information content (AvgIpc) is 2.40.